The van der Waals surface area contributed by atoms with Gasteiger partial charge in [0.2, 0.25) is 0 Å². The van der Waals surface area contributed by atoms with Crippen molar-refractivity contribution in [1.82, 2.24) is 10.2 Å². The Bertz CT molecular complexity index is 709. The molecular weight excluding hydrogens is 260 g/mol. The van der Waals surface area contributed by atoms with Gasteiger partial charge in [0.15, 0.2) is 0 Å². The lowest BCUT2D eigenvalue weighted by atomic mass is 10.1. The van der Waals surface area contributed by atoms with Crippen LogP contribution in [0.25, 0.3) is 11.3 Å². The summed E-state index contributed by atoms with van der Waals surface area (Å²) in [6.07, 6.45) is 0. The number of ether oxygens (including phenoxy) is 2. The normalized spacial score (nSPS) is 10.1. The monoisotopic (exact) mass is 274 g/mol. The number of amidine groups is 1. The van der Waals surface area contributed by atoms with Gasteiger partial charge in [0, 0.05) is 5.56 Å². The van der Waals surface area contributed by atoms with Crippen molar-refractivity contribution in [3.63, 3.8) is 0 Å². The van der Waals surface area contributed by atoms with Crippen LogP contribution in [0.2, 0.25) is 0 Å². The number of nitrogens with one attached hydrogen (secondary N) is 2. The Morgan fingerprint density at radius 3 is 2.65 bits per heavy atom. The first-order chi connectivity index (χ1) is 9.56. The van der Waals surface area contributed by atoms with Gasteiger partial charge in [-0.25, -0.2) is 5.10 Å². The van der Waals surface area contributed by atoms with Crippen molar-refractivity contribution >= 4 is 5.84 Å². The highest BCUT2D eigenvalue weighted by atomic mass is 16.5. The standard InChI is InChI=1S/C13H14N4O3/c1-19-7-3-4-11(20-2)8(5-7)10-6-9(12(14)15)13(18)17-16-10/h3-6H,1-2H3,(H3,14,15)(H,17,18). The average molecular weight is 274 g/mol. The number of hydrogen-bond acceptors (Lipinski definition) is 5. The first-order valence-corrected chi connectivity index (χ1v) is 5.73. The fourth-order valence-electron chi connectivity index (χ4n) is 1.76. The van der Waals surface area contributed by atoms with Crippen LogP contribution in [0.3, 0.4) is 0 Å². The summed E-state index contributed by atoms with van der Waals surface area (Å²) >= 11 is 0. The fraction of sp³-hybridized carbons (Fsp3) is 0.154. The molecule has 1 aromatic heterocycles. The highest BCUT2D eigenvalue weighted by molar-refractivity contribution is 5.95. The van der Waals surface area contributed by atoms with Gasteiger partial charge in [0.25, 0.3) is 5.56 Å². The molecule has 0 saturated carbocycles. The van der Waals surface area contributed by atoms with Crippen molar-refractivity contribution in [2.45, 2.75) is 0 Å². The van der Waals surface area contributed by atoms with Crippen molar-refractivity contribution in [2.24, 2.45) is 5.73 Å². The summed E-state index contributed by atoms with van der Waals surface area (Å²) < 4.78 is 10.4. The van der Waals surface area contributed by atoms with E-state index in [1.807, 2.05) is 0 Å². The first-order valence-electron chi connectivity index (χ1n) is 5.73. The molecule has 4 N–H and O–H groups in total. The lowest BCUT2D eigenvalue weighted by molar-refractivity contribution is 0.404. The van der Waals surface area contributed by atoms with E-state index in [9.17, 15) is 4.79 Å². The van der Waals surface area contributed by atoms with Crippen LogP contribution in [0.5, 0.6) is 11.5 Å². The maximum absolute atomic E-state index is 11.5. The highest BCUT2D eigenvalue weighted by Gasteiger charge is 2.12. The quantitative estimate of drug-likeness (QED) is 0.562. The van der Waals surface area contributed by atoms with Crippen LogP contribution in [0.4, 0.5) is 0 Å². The third-order valence-electron chi connectivity index (χ3n) is 2.78. The molecule has 0 atom stereocenters. The van der Waals surface area contributed by atoms with Crippen molar-refractivity contribution in [3.8, 4) is 22.8 Å². The van der Waals surface area contributed by atoms with Crippen LogP contribution in [-0.2, 0) is 0 Å². The zero-order valence-electron chi connectivity index (χ0n) is 11.1. The molecule has 0 bridgehead atoms. The Kier molecular flexibility index (Phi) is 3.69. The minimum atomic E-state index is -0.511. The second-order valence-electron chi connectivity index (χ2n) is 3.98. The van der Waals surface area contributed by atoms with E-state index in [0.717, 1.165) is 0 Å². The van der Waals surface area contributed by atoms with E-state index in [0.29, 0.717) is 22.8 Å². The third kappa shape index (κ3) is 2.46. The SMILES string of the molecule is COc1ccc(OC)c(-c2cc(C(=N)N)c(=O)[nH]n2)c1. The summed E-state index contributed by atoms with van der Waals surface area (Å²) in [4.78, 5) is 11.5. The molecule has 2 aromatic rings. The second-order valence-corrected chi connectivity index (χ2v) is 3.98. The van der Waals surface area contributed by atoms with Gasteiger partial charge in [0.05, 0.1) is 25.5 Å². The molecule has 1 aromatic carbocycles. The molecule has 0 saturated heterocycles. The van der Waals surface area contributed by atoms with Gasteiger partial charge in [-0.05, 0) is 24.3 Å². The number of nitrogens with two attached hydrogens (primary N) is 1. The molecule has 0 spiro atoms. The molecule has 104 valence electrons. The number of aromatic nitrogens is 2. The van der Waals surface area contributed by atoms with Gasteiger partial charge in [-0.1, -0.05) is 0 Å². The smallest absolute Gasteiger partial charge is 0.275 e. The van der Waals surface area contributed by atoms with E-state index in [2.05, 4.69) is 10.2 Å². The van der Waals surface area contributed by atoms with Gasteiger partial charge >= 0.3 is 0 Å². The summed E-state index contributed by atoms with van der Waals surface area (Å²) in [5, 5.41) is 13.7. The molecule has 0 aliphatic heterocycles. The van der Waals surface area contributed by atoms with E-state index < -0.39 is 5.56 Å². The Hall–Kier alpha value is -2.83. The number of hydrogen-bond donors (Lipinski definition) is 3. The summed E-state index contributed by atoms with van der Waals surface area (Å²) in [5.74, 6) is 0.870. The largest absolute Gasteiger partial charge is 0.497 e. The Labute approximate surface area is 114 Å². The maximum Gasteiger partial charge on any atom is 0.275 e. The van der Waals surface area contributed by atoms with Crippen molar-refractivity contribution in [2.75, 3.05) is 14.2 Å². The molecule has 2 rings (SSSR count). The van der Waals surface area contributed by atoms with Crippen LogP contribution in [-0.4, -0.2) is 30.3 Å². The fourth-order valence-corrected chi connectivity index (χ4v) is 1.76. The molecule has 0 unspecified atom stereocenters. The lowest BCUT2D eigenvalue weighted by Gasteiger charge is -2.10. The average Bonchev–Trinajstić information content (AvgIpc) is 2.46. The van der Waals surface area contributed by atoms with Gasteiger partial charge in [-0.15, -0.1) is 0 Å². The Balaban J connectivity index is 2.64. The molecule has 0 radical (unpaired) electrons. The minimum Gasteiger partial charge on any atom is -0.497 e. The van der Waals surface area contributed by atoms with Crippen molar-refractivity contribution in [1.29, 1.82) is 5.41 Å². The molecule has 20 heavy (non-hydrogen) atoms. The van der Waals surface area contributed by atoms with E-state index in [1.54, 1.807) is 25.3 Å². The number of H-pyrrole nitrogens is 1. The van der Waals surface area contributed by atoms with Gasteiger partial charge in [-0.3, -0.25) is 10.2 Å². The summed E-state index contributed by atoms with van der Waals surface area (Å²) in [6, 6.07) is 6.65. The number of aromatic amines is 1. The van der Waals surface area contributed by atoms with Gasteiger partial charge in [-0.2, -0.15) is 5.10 Å². The van der Waals surface area contributed by atoms with Crippen LogP contribution >= 0.6 is 0 Å². The molecule has 0 fully saturated rings. The van der Waals surface area contributed by atoms with Crippen molar-refractivity contribution in [3.05, 3.63) is 40.2 Å². The van der Waals surface area contributed by atoms with E-state index in [4.69, 9.17) is 20.6 Å². The molecule has 0 aliphatic carbocycles. The molecule has 0 aliphatic rings. The minimum absolute atomic E-state index is 0.0554. The molecule has 0 amide bonds. The topological polar surface area (TPSA) is 114 Å². The number of nitrogen functional groups attached to an aromatic ring is 1. The second kappa shape index (κ2) is 5.43. The zero-order valence-corrected chi connectivity index (χ0v) is 11.1. The van der Waals surface area contributed by atoms with Gasteiger partial charge in [0.1, 0.15) is 17.3 Å². The van der Waals surface area contributed by atoms with Crippen LogP contribution < -0.4 is 20.8 Å². The number of benzene rings is 1. The van der Waals surface area contributed by atoms with Crippen molar-refractivity contribution < 1.29 is 9.47 Å². The third-order valence-corrected chi connectivity index (χ3v) is 2.78. The number of methoxy groups -OCH3 is 2. The molecular formula is C13H14N4O3. The Morgan fingerprint density at radius 1 is 1.30 bits per heavy atom. The van der Waals surface area contributed by atoms with E-state index in [1.165, 1.54) is 13.2 Å². The van der Waals surface area contributed by atoms with Crippen LogP contribution in [0.1, 0.15) is 5.56 Å². The predicted octanol–water partition coefficient (Wildman–Crippen LogP) is 0.738. The van der Waals surface area contributed by atoms with Crippen LogP contribution in [0.15, 0.2) is 29.1 Å². The maximum atomic E-state index is 11.5. The summed E-state index contributed by atoms with van der Waals surface area (Å²) in [6.45, 7) is 0. The van der Waals surface area contributed by atoms with E-state index in [-0.39, 0.29) is 11.4 Å². The highest BCUT2D eigenvalue weighted by Crippen LogP contribution is 2.31. The van der Waals surface area contributed by atoms with Gasteiger partial charge < -0.3 is 15.2 Å². The zero-order chi connectivity index (χ0) is 14.7. The molecule has 1 heterocycles. The first kappa shape index (κ1) is 13.6. The number of rotatable bonds is 4. The lowest BCUT2D eigenvalue weighted by Crippen LogP contribution is -2.24. The predicted molar refractivity (Wildman–Crippen MR) is 74.4 cm³/mol. The molecule has 7 heteroatoms. The van der Waals surface area contributed by atoms with Crippen LogP contribution in [0, 0.1) is 5.41 Å². The number of nitrogens with zero attached hydrogens (tertiary/aromatic N) is 1. The van der Waals surface area contributed by atoms with E-state index >= 15 is 0 Å². The molecule has 7 nitrogen and oxygen atoms in total. The Morgan fingerprint density at radius 2 is 2.05 bits per heavy atom. The summed E-state index contributed by atoms with van der Waals surface area (Å²) in [7, 11) is 3.08. The summed E-state index contributed by atoms with van der Waals surface area (Å²) in [5.41, 5.74) is 5.98.